The minimum absolute atomic E-state index is 0.269. The number of ether oxygens (including phenoxy) is 1. The number of nitrogens with two attached hydrogens (primary N) is 1. The van der Waals surface area contributed by atoms with E-state index in [2.05, 4.69) is 15.4 Å². The number of aromatic nitrogens is 2. The molecule has 0 unspecified atom stereocenters. The zero-order chi connectivity index (χ0) is 14.5. The highest BCUT2D eigenvalue weighted by Gasteiger charge is 2.15. The Bertz CT molecular complexity index is 593. The topological polar surface area (TPSA) is 76.3 Å². The first-order valence-corrected chi connectivity index (χ1v) is 5.97. The van der Waals surface area contributed by atoms with Crippen LogP contribution >= 0.6 is 0 Å². The Hall–Kier alpha value is -2.41. The van der Waals surface area contributed by atoms with Gasteiger partial charge in [0.25, 0.3) is 0 Å². The van der Waals surface area contributed by atoms with Crippen molar-refractivity contribution in [2.45, 2.75) is 6.54 Å². The Balaban J connectivity index is 2.27. The Morgan fingerprint density at radius 1 is 1.40 bits per heavy atom. The Morgan fingerprint density at radius 2 is 2.20 bits per heavy atom. The number of benzene rings is 1. The van der Waals surface area contributed by atoms with Crippen LogP contribution in [0.3, 0.4) is 0 Å². The van der Waals surface area contributed by atoms with Crippen LogP contribution in [0.1, 0.15) is 5.56 Å². The second-order valence-corrected chi connectivity index (χ2v) is 4.21. The van der Waals surface area contributed by atoms with Crippen LogP contribution in [0.2, 0.25) is 0 Å². The van der Waals surface area contributed by atoms with Gasteiger partial charge in [-0.1, -0.05) is 12.1 Å². The van der Waals surface area contributed by atoms with E-state index in [0.29, 0.717) is 23.9 Å². The number of methoxy groups -OCH3 is 1. The molecule has 2 rings (SSSR count). The number of nitrogens with zero attached hydrogens (tertiary/aromatic N) is 3. The third kappa shape index (κ3) is 2.94. The van der Waals surface area contributed by atoms with Gasteiger partial charge in [-0.3, -0.25) is 0 Å². The van der Waals surface area contributed by atoms with Crippen molar-refractivity contribution in [3.63, 3.8) is 0 Å². The summed E-state index contributed by atoms with van der Waals surface area (Å²) in [6.07, 6.45) is 1.38. The lowest BCUT2D eigenvalue weighted by atomic mass is 10.2. The van der Waals surface area contributed by atoms with Crippen LogP contribution in [0.15, 0.2) is 30.6 Å². The summed E-state index contributed by atoms with van der Waals surface area (Å²) >= 11 is 0. The molecule has 0 aliphatic carbocycles. The molecule has 0 fully saturated rings. The summed E-state index contributed by atoms with van der Waals surface area (Å²) in [5.41, 5.74) is 3.28. The normalized spacial score (nSPS) is 10.2. The summed E-state index contributed by atoms with van der Waals surface area (Å²) in [7, 11) is 3.34. The van der Waals surface area contributed by atoms with Crippen molar-refractivity contribution >= 4 is 11.6 Å². The summed E-state index contributed by atoms with van der Waals surface area (Å²) in [6.45, 7) is 0.481. The molecule has 106 valence electrons. The second-order valence-electron chi connectivity index (χ2n) is 4.21. The molecular weight excluding hydrogens is 261 g/mol. The molecule has 1 heterocycles. The highest BCUT2D eigenvalue weighted by molar-refractivity contribution is 5.64. The zero-order valence-electron chi connectivity index (χ0n) is 11.3. The van der Waals surface area contributed by atoms with E-state index in [1.54, 1.807) is 6.07 Å². The molecule has 0 amide bonds. The van der Waals surface area contributed by atoms with E-state index in [-0.39, 0.29) is 5.82 Å². The van der Waals surface area contributed by atoms with Crippen LogP contribution in [0.4, 0.5) is 16.0 Å². The molecule has 0 saturated carbocycles. The van der Waals surface area contributed by atoms with Crippen LogP contribution < -0.4 is 20.9 Å². The highest BCUT2D eigenvalue weighted by atomic mass is 19.1. The number of rotatable bonds is 5. The lowest BCUT2D eigenvalue weighted by molar-refractivity contribution is 0.412. The van der Waals surface area contributed by atoms with Crippen molar-refractivity contribution in [3.05, 3.63) is 42.0 Å². The van der Waals surface area contributed by atoms with Crippen molar-refractivity contribution in [2.75, 3.05) is 24.5 Å². The van der Waals surface area contributed by atoms with E-state index in [4.69, 9.17) is 10.6 Å². The van der Waals surface area contributed by atoms with Gasteiger partial charge in [-0.2, -0.15) is 0 Å². The van der Waals surface area contributed by atoms with Crippen LogP contribution in [0.5, 0.6) is 5.75 Å². The van der Waals surface area contributed by atoms with Gasteiger partial charge in [0, 0.05) is 13.6 Å². The average Bonchev–Trinajstić information content (AvgIpc) is 2.46. The van der Waals surface area contributed by atoms with Gasteiger partial charge in [0.2, 0.25) is 5.75 Å². The van der Waals surface area contributed by atoms with Gasteiger partial charge in [-0.15, -0.1) is 0 Å². The highest BCUT2D eigenvalue weighted by Crippen LogP contribution is 2.31. The zero-order valence-corrected chi connectivity index (χ0v) is 11.3. The Labute approximate surface area is 116 Å². The smallest absolute Gasteiger partial charge is 0.205 e. The minimum Gasteiger partial charge on any atom is -0.490 e. The molecule has 7 heteroatoms. The molecule has 0 radical (unpaired) electrons. The van der Waals surface area contributed by atoms with Crippen molar-refractivity contribution in [1.29, 1.82) is 0 Å². The molecule has 0 aliphatic rings. The first-order valence-electron chi connectivity index (χ1n) is 5.97. The largest absolute Gasteiger partial charge is 0.490 e. The maximum Gasteiger partial charge on any atom is 0.205 e. The SMILES string of the molecule is COc1c(NN)ncnc1N(C)Cc1cccc(F)c1. The number of hydrazine groups is 1. The molecule has 0 atom stereocenters. The Kier molecular flexibility index (Phi) is 4.31. The van der Waals surface area contributed by atoms with Crippen LogP contribution in [0.25, 0.3) is 0 Å². The molecule has 0 bridgehead atoms. The van der Waals surface area contributed by atoms with Gasteiger partial charge in [0.05, 0.1) is 7.11 Å². The van der Waals surface area contributed by atoms with Crippen molar-refractivity contribution in [3.8, 4) is 5.75 Å². The van der Waals surface area contributed by atoms with Crippen LogP contribution in [-0.2, 0) is 6.54 Å². The number of nitrogens with one attached hydrogen (secondary N) is 1. The lowest BCUT2D eigenvalue weighted by Gasteiger charge is -2.21. The average molecular weight is 277 g/mol. The van der Waals surface area contributed by atoms with E-state index in [9.17, 15) is 4.39 Å². The summed E-state index contributed by atoms with van der Waals surface area (Å²) in [6, 6.07) is 6.40. The summed E-state index contributed by atoms with van der Waals surface area (Å²) in [5.74, 6) is 6.51. The summed E-state index contributed by atoms with van der Waals surface area (Å²) < 4.78 is 18.5. The van der Waals surface area contributed by atoms with Gasteiger partial charge >= 0.3 is 0 Å². The molecular formula is C13H16FN5O. The predicted molar refractivity (Wildman–Crippen MR) is 74.9 cm³/mol. The number of anilines is 2. The third-order valence-corrected chi connectivity index (χ3v) is 2.80. The first kappa shape index (κ1) is 14.0. The summed E-state index contributed by atoms with van der Waals surface area (Å²) in [4.78, 5) is 9.98. The Morgan fingerprint density at radius 3 is 2.85 bits per heavy atom. The van der Waals surface area contributed by atoms with E-state index < -0.39 is 0 Å². The van der Waals surface area contributed by atoms with E-state index in [1.807, 2.05) is 18.0 Å². The lowest BCUT2D eigenvalue weighted by Crippen LogP contribution is -2.20. The van der Waals surface area contributed by atoms with Crippen LogP contribution in [0, 0.1) is 5.82 Å². The first-order chi connectivity index (χ1) is 9.65. The maximum absolute atomic E-state index is 13.2. The van der Waals surface area contributed by atoms with E-state index >= 15 is 0 Å². The molecule has 0 spiro atoms. The summed E-state index contributed by atoms with van der Waals surface area (Å²) in [5, 5.41) is 0. The van der Waals surface area contributed by atoms with Gasteiger partial charge < -0.3 is 15.1 Å². The van der Waals surface area contributed by atoms with Crippen molar-refractivity contribution in [2.24, 2.45) is 5.84 Å². The molecule has 0 saturated heterocycles. The predicted octanol–water partition coefficient (Wildman–Crippen LogP) is 1.55. The second kappa shape index (κ2) is 6.16. The maximum atomic E-state index is 13.2. The van der Waals surface area contributed by atoms with Gasteiger partial charge in [-0.25, -0.2) is 20.2 Å². The van der Waals surface area contributed by atoms with Gasteiger partial charge in [0.1, 0.15) is 12.1 Å². The monoisotopic (exact) mass is 277 g/mol. The van der Waals surface area contributed by atoms with Gasteiger partial charge in [-0.05, 0) is 17.7 Å². The number of nitrogen functional groups attached to an aromatic ring is 1. The molecule has 1 aromatic carbocycles. The quantitative estimate of drug-likeness (QED) is 0.638. The van der Waals surface area contributed by atoms with Crippen molar-refractivity contribution in [1.82, 2.24) is 9.97 Å². The van der Waals surface area contributed by atoms with Gasteiger partial charge in [0.15, 0.2) is 11.6 Å². The fourth-order valence-corrected chi connectivity index (χ4v) is 1.91. The number of hydrogen-bond donors (Lipinski definition) is 2. The fourth-order valence-electron chi connectivity index (χ4n) is 1.91. The standard InChI is InChI=1S/C13H16FN5O/c1-19(7-9-4-3-5-10(14)6-9)13-11(20-2)12(18-15)16-8-17-13/h3-6,8H,7,15H2,1-2H3,(H,16,17,18). The molecule has 1 aromatic heterocycles. The number of hydrogen-bond acceptors (Lipinski definition) is 6. The molecule has 6 nitrogen and oxygen atoms in total. The van der Waals surface area contributed by atoms with E-state index in [0.717, 1.165) is 5.56 Å². The molecule has 2 aromatic rings. The minimum atomic E-state index is -0.269. The van der Waals surface area contributed by atoms with Crippen LogP contribution in [-0.4, -0.2) is 24.1 Å². The number of halogens is 1. The molecule has 0 aliphatic heterocycles. The molecule has 20 heavy (non-hydrogen) atoms. The molecule has 3 N–H and O–H groups in total. The third-order valence-electron chi connectivity index (χ3n) is 2.80. The van der Waals surface area contributed by atoms with E-state index in [1.165, 1.54) is 25.6 Å². The fraction of sp³-hybridized carbons (Fsp3) is 0.231. The van der Waals surface area contributed by atoms with Crippen molar-refractivity contribution < 1.29 is 9.13 Å².